The molecule has 21 heavy (non-hydrogen) atoms. The van der Waals surface area contributed by atoms with Crippen molar-refractivity contribution < 1.29 is 0 Å². The Labute approximate surface area is 138 Å². The van der Waals surface area contributed by atoms with Crippen LogP contribution in [0.5, 0.6) is 0 Å². The van der Waals surface area contributed by atoms with Crippen molar-refractivity contribution in [2.24, 2.45) is 0 Å². The highest BCUT2D eigenvalue weighted by Crippen LogP contribution is 2.21. The first-order valence-corrected chi connectivity index (χ1v) is 8.23. The SMILES string of the molecule is CN(C)CCCN(C)c1ncc(Br)cc1CNC(C)(C)C. The number of hydrogen-bond donors (Lipinski definition) is 1. The maximum absolute atomic E-state index is 4.60. The van der Waals surface area contributed by atoms with Gasteiger partial charge in [-0.3, -0.25) is 0 Å². The van der Waals surface area contributed by atoms with Gasteiger partial charge in [-0.15, -0.1) is 0 Å². The van der Waals surface area contributed by atoms with Crippen LogP contribution in [0.1, 0.15) is 32.8 Å². The van der Waals surface area contributed by atoms with Crippen molar-refractivity contribution in [2.45, 2.75) is 39.3 Å². The molecule has 0 saturated heterocycles. The molecule has 0 aliphatic carbocycles. The molecule has 1 heterocycles. The normalized spacial score (nSPS) is 12.0. The second-order valence-electron chi connectivity index (χ2n) is 6.82. The van der Waals surface area contributed by atoms with E-state index < -0.39 is 0 Å². The van der Waals surface area contributed by atoms with E-state index in [-0.39, 0.29) is 5.54 Å². The van der Waals surface area contributed by atoms with Gasteiger partial charge in [-0.2, -0.15) is 0 Å². The van der Waals surface area contributed by atoms with Crippen molar-refractivity contribution in [3.8, 4) is 0 Å². The summed E-state index contributed by atoms with van der Waals surface area (Å²) in [5.74, 6) is 1.06. The molecule has 0 bridgehead atoms. The Morgan fingerprint density at radius 2 is 1.86 bits per heavy atom. The number of halogens is 1. The van der Waals surface area contributed by atoms with Crippen LogP contribution < -0.4 is 10.2 Å². The summed E-state index contributed by atoms with van der Waals surface area (Å²) in [5.41, 5.74) is 1.33. The summed E-state index contributed by atoms with van der Waals surface area (Å²) in [5, 5.41) is 3.54. The minimum atomic E-state index is 0.100. The first-order chi connectivity index (χ1) is 9.69. The fourth-order valence-electron chi connectivity index (χ4n) is 2.04. The van der Waals surface area contributed by atoms with Gasteiger partial charge in [-0.25, -0.2) is 4.98 Å². The van der Waals surface area contributed by atoms with Crippen molar-refractivity contribution >= 4 is 21.7 Å². The molecule has 0 aromatic carbocycles. The summed E-state index contributed by atoms with van der Waals surface area (Å²) in [7, 11) is 6.33. The zero-order valence-corrected chi connectivity index (χ0v) is 15.8. The van der Waals surface area contributed by atoms with Crippen LogP contribution in [0.25, 0.3) is 0 Å². The molecule has 0 aliphatic heterocycles. The Hall–Kier alpha value is -0.650. The van der Waals surface area contributed by atoms with Gasteiger partial charge in [0.2, 0.25) is 0 Å². The van der Waals surface area contributed by atoms with Crippen LogP contribution >= 0.6 is 15.9 Å². The van der Waals surface area contributed by atoms with Crippen LogP contribution in [0, 0.1) is 0 Å². The van der Waals surface area contributed by atoms with E-state index in [1.807, 2.05) is 6.20 Å². The second-order valence-corrected chi connectivity index (χ2v) is 7.73. The average Bonchev–Trinajstić information content (AvgIpc) is 2.35. The summed E-state index contributed by atoms with van der Waals surface area (Å²) in [4.78, 5) is 9.06. The van der Waals surface area contributed by atoms with E-state index >= 15 is 0 Å². The molecule has 120 valence electrons. The Balaban J connectivity index is 2.75. The molecule has 1 N–H and O–H groups in total. The molecule has 1 aromatic rings. The van der Waals surface area contributed by atoms with E-state index in [1.165, 1.54) is 5.56 Å². The van der Waals surface area contributed by atoms with Gasteiger partial charge in [0.1, 0.15) is 5.82 Å². The van der Waals surface area contributed by atoms with Crippen molar-refractivity contribution in [2.75, 3.05) is 39.1 Å². The van der Waals surface area contributed by atoms with Crippen LogP contribution in [0.2, 0.25) is 0 Å². The maximum atomic E-state index is 4.60. The van der Waals surface area contributed by atoms with Gasteiger partial charge in [0.15, 0.2) is 0 Å². The predicted octanol–water partition coefficient (Wildman–Crippen LogP) is 3.12. The van der Waals surface area contributed by atoms with Gasteiger partial charge in [0.05, 0.1) is 0 Å². The Morgan fingerprint density at radius 3 is 2.43 bits per heavy atom. The van der Waals surface area contributed by atoms with Gasteiger partial charge >= 0.3 is 0 Å². The Morgan fingerprint density at radius 1 is 1.19 bits per heavy atom. The highest BCUT2D eigenvalue weighted by Gasteiger charge is 2.14. The summed E-state index contributed by atoms with van der Waals surface area (Å²) in [6.45, 7) is 9.46. The molecular formula is C16H29BrN4. The second kappa shape index (κ2) is 8.11. The van der Waals surface area contributed by atoms with Crippen molar-refractivity contribution in [1.82, 2.24) is 15.2 Å². The van der Waals surface area contributed by atoms with E-state index in [4.69, 9.17) is 0 Å². The molecule has 0 aliphatic rings. The fourth-order valence-corrected chi connectivity index (χ4v) is 2.42. The molecule has 0 atom stereocenters. The van der Waals surface area contributed by atoms with Gasteiger partial charge < -0.3 is 15.1 Å². The average molecular weight is 357 g/mol. The topological polar surface area (TPSA) is 31.4 Å². The van der Waals surface area contributed by atoms with Crippen LogP contribution in [0.4, 0.5) is 5.82 Å². The van der Waals surface area contributed by atoms with Crippen LogP contribution in [-0.4, -0.2) is 49.7 Å². The summed E-state index contributed by atoms with van der Waals surface area (Å²) in [6.07, 6.45) is 3.01. The number of pyridine rings is 1. The molecule has 5 heteroatoms. The standard InChI is InChI=1S/C16H29BrN4/c1-16(2,3)19-11-13-10-14(17)12-18-15(13)21(6)9-7-8-20(4)5/h10,12,19H,7-9,11H2,1-6H3. The van der Waals surface area contributed by atoms with E-state index in [2.05, 4.69) is 84.0 Å². The number of hydrogen-bond acceptors (Lipinski definition) is 4. The number of anilines is 1. The number of nitrogens with zero attached hydrogens (tertiary/aromatic N) is 3. The molecule has 0 unspecified atom stereocenters. The van der Waals surface area contributed by atoms with E-state index in [0.717, 1.165) is 36.3 Å². The molecule has 0 radical (unpaired) electrons. The highest BCUT2D eigenvalue weighted by molar-refractivity contribution is 9.10. The molecule has 0 amide bonds. The molecule has 4 nitrogen and oxygen atoms in total. The van der Waals surface area contributed by atoms with Gasteiger partial charge in [-0.05, 0) is 69.8 Å². The monoisotopic (exact) mass is 356 g/mol. The molecule has 1 aromatic heterocycles. The highest BCUT2D eigenvalue weighted by atomic mass is 79.9. The van der Waals surface area contributed by atoms with Crippen molar-refractivity contribution in [3.63, 3.8) is 0 Å². The summed E-state index contributed by atoms with van der Waals surface area (Å²) in [6, 6.07) is 2.16. The first-order valence-electron chi connectivity index (χ1n) is 7.44. The third-order valence-electron chi connectivity index (χ3n) is 3.18. The lowest BCUT2D eigenvalue weighted by Crippen LogP contribution is -2.35. The Bertz CT molecular complexity index is 440. The Kier molecular flexibility index (Phi) is 7.10. The van der Waals surface area contributed by atoms with E-state index in [9.17, 15) is 0 Å². The quantitative estimate of drug-likeness (QED) is 0.813. The molecular weight excluding hydrogens is 328 g/mol. The summed E-state index contributed by atoms with van der Waals surface area (Å²) >= 11 is 3.52. The molecule has 0 saturated carbocycles. The van der Waals surface area contributed by atoms with Crippen molar-refractivity contribution in [3.05, 3.63) is 22.3 Å². The third-order valence-corrected chi connectivity index (χ3v) is 3.61. The molecule has 0 spiro atoms. The lowest BCUT2D eigenvalue weighted by molar-refractivity contribution is 0.401. The molecule has 0 fully saturated rings. The zero-order chi connectivity index (χ0) is 16.0. The number of rotatable bonds is 7. The lowest BCUT2D eigenvalue weighted by Gasteiger charge is -2.25. The minimum Gasteiger partial charge on any atom is -0.359 e. The lowest BCUT2D eigenvalue weighted by atomic mass is 10.1. The van der Waals surface area contributed by atoms with Gasteiger partial charge in [-0.1, -0.05) is 0 Å². The third kappa shape index (κ3) is 7.25. The number of aromatic nitrogens is 1. The maximum Gasteiger partial charge on any atom is 0.132 e. The van der Waals surface area contributed by atoms with Gasteiger partial charge in [0.25, 0.3) is 0 Å². The largest absolute Gasteiger partial charge is 0.359 e. The first kappa shape index (κ1) is 18.4. The smallest absolute Gasteiger partial charge is 0.132 e. The summed E-state index contributed by atoms with van der Waals surface area (Å²) < 4.78 is 1.03. The van der Waals surface area contributed by atoms with Crippen LogP contribution in [-0.2, 0) is 6.54 Å². The van der Waals surface area contributed by atoms with Crippen LogP contribution in [0.15, 0.2) is 16.7 Å². The van der Waals surface area contributed by atoms with Crippen LogP contribution in [0.3, 0.4) is 0 Å². The van der Waals surface area contributed by atoms with Crippen molar-refractivity contribution in [1.29, 1.82) is 0 Å². The number of nitrogens with one attached hydrogen (secondary N) is 1. The molecule has 1 rings (SSSR count). The fraction of sp³-hybridized carbons (Fsp3) is 0.688. The predicted molar refractivity (Wildman–Crippen MR) is 95.0 cm³/mol. The minimum absolute atomic E-state index is 0.100. The van der Waals surface area contributed by atoms with E-state index in [1.54, 1.807) is 0 Å². The van der Waals surface area contributed by atoms with Gasteiger partial charge in [0, 0.05) is 41.9 Å². The zero-order valence-electron chi connectivity index (χ0n) is 14.2. The van der Waals surface area contributed by atoms with E-state index in [0.29, 0.717) is 0 Å².